The molecular formula is C15H20N2O3. The van der Waals surface area contributed by atoms with Gasteiger partial charge in [0.1, 0.15) is 6.54 Å². The summed E-state index contributed by atoms with van der Waals surface area (Å²) >= 11 is 0. The average Bonchev–Trinajstić information content (AvgIpc) is 2.44. The minimum atomic E-state index is -0.389. The molecule has 1 saturated heterocycles. The van der Waals surface area contributed by atoms with Gasteiger partial charge in [-0.05, 0) is 43.5 Å². The van der Waals surface area contributed by atoms with Gasteiger partial charge in [-0.1, -0.05) is 6.07 Å². The molecule has 1 heterocycles. The van der Waals surface area contributed by atoms with E-state index in [1.54, 1.807) is 4.90 Å². The summed E-state index contributed by atoms with van der Waals surface area (Å²) in [6.07, 6.45) is 0.843. The van der Waals surface area contributed by atoms with Crippen molar-refractivity contribution < 1.29 is 14.3 Å². The number of anilines is 1. The van der Waals surface area contributed by atoms with Gasteiger partial charge in [0.2, 0.25) is 0 Å². The predicted molar refractivity (Wildman–Crippen MR) is 76.9 cm³/mol. The van der Waals surface area contributed by atoms with E-state index in [2.05, 4.69) is 4.74 Å². The highest BCUT2D eigenvalue weighted by Crippen LogP contribution is 2.22. The summed E-state index contributed by atoms with van der Waals surface area (Å²) < 4.78 is 4.63. The van der Waals surface area contributed by atoms with Crippen LogP contribution >= 0.6 is 0 Å². The predicted octanol–water partition coefficient (Wildman–Crippen LogP) is 2.11. The maximum Gasteiger partial charge on any atom is 0.325 e. The fourth-order valence-electron chi connectivity index (χ4n) is 2.28. The van der Waals surface area contributed by atoms with Gasteiger partial charge in [0.05, 0.1) is 7.11 Å². The molecule has 1 aliphatic heterocycles. The van der Waals surface area contributed by atoms with Crippen molar-refractivity contribution in [3.05, 3.63) is 29.3 Å². The number of carbonyl (C=O) groups excluding carboxylic acids is 2. The maximum atomic E-state index is 12.4. The first kappa shape index (κ1) is 14.4. The van der Waals surface area contributed by atoms with Crippen LogP contribution in [0.3, 0.4) is 0 Å². The molecule has 108 valence electrons. The van der Waals surface area contributed by atoms with Crippen molar-refractivity contribution in [2.75, 3.05) is 31.6 Å². The van der Waals surface area contributed by atoms with Crippen LogP contribution in [-0.2, 0) is 9.53 Å². The SMILES string of the molecule is COC(=O)CN1CCCN(c2ccc(C)c(C)c2)C1=O. The Bertz CT molecular complexity index is 528. The van der Waals surface area contributed by atoms with Crippen molar-refractivity contribution in [3.63, 3.8) is 0 Å². The number of benzene rings is 1. The summed E-state index contributed by atoms with van der Waals surface area (Å²) in [5, 5.41) is 0. The van der Waals surface area contributed by atoms with Crippen molar-refractivity contribution in [2.45, 2.75) is 20.3 Å². The first-order chi connectivity index (χ1) is 9.52. The summed E-state index contributed by atoms with van der Waals surface area (Å²) in [5.41, 5.74) is 3.23. The van der Waals surface area contributed by atoms with Gasteiger partial charge < -0.3 is 9.64 Å². The number of carbonyl (C=O) groups is 2. The highest BCUT2D eigenvalue weighted by Gasteiger charge is 2.28. The van der Waals surface area contributed by atoms with Gasteiger partial charge in [-0.2, -0.15) is 0 Å². The summed E-state index contributed by atoms with van der Waals surface area (Å²) in [6, 6.07) is 5.83. The van der Waals surface area contributed by atoms with Crippen molar-refractivity contribution in [3.8, 4) is 0 Å². The lowest BCUT2D eigenvalue weighted by Gasteiger charge is -2.35. The second-order valence-corrected chi connectivity index (χ2v) is 5.05. The van der Waals surface area contributed by atoms with E-state index in [4.69, 9.17) is 0 Å². The van der Waals surface area contributed by atoms with E-state index in [1.165, 1.54) is 17.6 Å². The lowest BCUT2D eigenvalue weighted by Crippen LogP contribution is -2.51. The Balaban J connectivity index is 2.17. The molecule has 1 fully saturated rings. The molecule has 0 bridgehead atoms. The fourth-order valence-corrected chi connectivity index (χ4v) is 2.28. The Morgan fingerprint density at radius 1 is 1.25 bits per heavy atom. The smallest absolute Gasteiger partial charge is 0.325 e. The van der Waals surface area contributed by atoms with Crippen LogP contribution in [0.1, 0.15) is 17.5 Å². The van der Waals surface area contributed by atoms with Gasteiger partial charge in [-0.25, -0.2) is 4.79 Å². The van der Waals surface area contributed by atoms with Crippen LogP contribution in [0.5, 0.6) is 0 Å². The van der Waals surface area contributed by atoms with Crippen molar-refractivity contribution >= 4 is 17.7 Å². The van der Waals surface area contributed by atoms with E-state index in [9.17, 15) is 9.59 Å². The van der Waals surface area contributed by atoms with Crippen LogP contribution in [0.15, 0.2) is 18.2 Å². The Morgan fingerprint density at radius 3 is 2.65 bits per heavy atom. The molecule has 0 spiro atoms. The molecule has 1 aromatic rings. The number of hydrogen-bond donors (Lipinski definition) is 0. The molecule has 2 amide bonds. The topological polar surface area (TPSA) is 49.9 Å². The minimum Gasteiger partial charge on any atom is -0.468 e. The number of hydrogen-bond acceptors (Lipinski definition) is 3. The van der Waals surface area contributed by atoms with Crippen LogP contribution < -0.4 is 4.90 Å². The third-order valence-corrected chi connectivity index (χ3v) is 3.66. The number of urea groups is 1. The molecule has 5 nitrogen and oxygen atoms in total. The van der Waals surface area contributed by atoms with Crippen LogP contribution in [0.25, 0.3) is 0 Å². The molecule has 1 aromatic carbocycles. The highest BCUT2D eigenvalue weighted by molar-refractivity contribution is 5.94. The average molecular weight is 276 g/mol. The first-order valence-electron chi connectivity index (χ1n) is 6.73. The molecular weight excluding hydrogens is 256 g/mol. The molecule has 0 unspecified atom stereocenters. The highest BCUT2D eigenvalue weighted by atomic mass is 16.5. The van der Waals surface area contributed by atoms with E-state index < -0.39 is 0 Å². The van der Waals surface area contributed by atoms with E-state index in [0.717, 1.165) is 17.7 Å². The lowest BCUT2D eigenvalue weighted by molar-refractivity contribution is -0.141. The molecule has 0 N–H and O–H groups in total. The van der Waals surface area contributed by atoms with Crippen molar-refractivity contribution in [2.24, 2.45) is 0 Å². The summed E-state index contributed by atoms with van der Waals surface area (Å²) in [7, 11) is 1.33. The Kier molecular flexibility index (Phi) is 4.27. The Morgan fingerprint density at radius 2 is 2.00 bits per heavy atom. The van der Waals surface area contributed by atoms with Crippen molar-refractivity contribution in [1.29, 1.82) is 0 Å². The Labute approximate surface area is 119 Å². The molecule has 0 aliphatic carbocycles. The number of ether oxygens (including phenoxy) is 1. The molecule has 2 rings (SSSR count). The maximum absolute atomic E-state index is 12.4. The zero-order chi connectivity index (χ0) is 14.7. The third kappa shape index (κ3) is 2.92. The van der Waals surface area contributed by atoms with Crippen LogP contribution in [0.2, 0.25) is 0 Å². The van der Waals surface area contributed by atoms with Crippen LogP contribution in [-0.4, -0.2) is 43.6 Å². The largest absolute Gasteiger partial charge is 0.468 e. The zero-order valence-corrected chi connectivity index (χ0v) is 12.2. The third-order valence-electron chi connectivity index (χ3n) is 3.66. The second kappa shape index (κ2) is 5.94. The molecule has 0 aromatic heterocycles. The van der Waals surface area contributed by atoms with E-state index in [-0.39, 0.29) is 18.5 Å². The quantitative estimate of drug-likeness (QED) is 0.794. The standard InChI is InChI=1S/C15H20N2O3/c1-11-5-6-13(9-12(11)2)17-8-4-7-16(15(17)19)10-14(18)20-3/h5-6,9H,4,7-8,10H2,1-3H3. The minimum absolute atomic E-state index is 0.0106. The zero-order valence-electron chi connectivity index (χ0n) is 12.2. The normalized spacial score (nSPS) is 15.4. The van der Waals surface area contributed by atoms with E-state index >= 15 is 0 Å². The van der Waals surface area contributed by atoms with Crippen LogP contribution in [0, 0.1) is 13.8 Å². The van der Waals surface area contributed by atoms with E-state index in [0.29, 0.717) is 13.1 Å². The van der Waals surface area contributed by atoms with Gasteiger partial charge in [-0.15, -0.1) is 0 Å². The molecule has 5 heteroatoms. The summed E-state index contributed by atoms with van der Waals surface area (Å²) in [5.74, 6) is -0.389. The number of aryl methyl sites for hydroxylation is 2. The van der Waals surface area contributed by atoms with Gasteiger partial charge in [0, 0.05) is 18.8 Å². The first-order valence-corrected chi connectivity index (χ1v) is 6.73. The molecule has 1 aliphatic rings. The number of rotatable bonds is 3. The van der Waals surface area contributed by atoms with E-state index in [1.807, 2.05) is 32.0 Å². The van der Waals surface area contributed by atoms with Gasteiger partial charge in [0.15, 0.2) is 0 Å². The fraction of sp³-hybridized carbons (Fsp3) is 0.467. The Hall–Kier alpha value is -2.04. The summed E-state index contributed by atoms with van der Waals surface area (Å²) in [6.45, 7) is 5.35. The molecule has 0 radical (unpaired) electrons. The lowest BCUT2D eigenvalue weighted by atomic mass is 10.1. The monoisotopic (exact) mass is 276 g/mol. The molecule has 20 heavy (non-hydrogen) atoms. The second-order valence-electron chi connectivity index (χ2n) is 5.05. The molecule has 0 atom stereocenters. The van der Waals surface area contributed by atoms with Gasteiger partial charge in [-0.3, -0.25) is 9.69 Å². The molecule has 0 saturated carbocycles. The number of nitrogens with zero attached hydrogens (tertiary/aromatic N) is 2. The number of esters is 1. The van der Waals surface area contributed by atoms with Gasteiger partial charge >= 0.3 is 12.0 Å². The summed E-state index contributed by atoms with van der Waals surface area (Å²) in [4.78, 5) is 27.0. The number of methoxy groups -OCH3 is 1. The van der Waals surface area contributed by atoms with Crippen molar-refractivity contribution in [1.82, 2.24) is 4.90 Å². The number of amides is 2. The van der Waals surface area contributed by atoms with Gasteiger partial charge in [0.25, 0.3) is 0 Å². The van der Waals surface area contributed by atoms with Crippen LogP contribution in [0.4, 0.5) is 10.5 Å².